The predicted octanol–water partition coefficient (Wildman–Crippen LogP) is 1.01. The molecule has 1 saturated heterocycles. The van der Waals surface area contributed by atoms with Crippen molar-refractivity contribution in [1.29, 1.82) is 0 Å². The normalized spacial score (nSPS) is 16.6. The smallest absolute Gasteiger partial charge is 0.242 e. The summed E-state index contributed by atoms with van der Waals surface area (Å²) in [6.45, 7) is 5.42. The van der Waals surface area contributed by atoms with Gasteiger partial charge in [0.25, 0.3) is 0 Å². The summed E-state index contributed by atoms with van der Waals surface area (Å²) in [7, 11) is 0. The zero-order valence-electron chi connectivity index (χ0n) is 12.1. The molecule has 0 radical (unpaired) electrons. The number of carbonyl (C=O) groups excluding carboxylic acids is 2. The van der Waals surface area contributed by atoms with E-state index in [-0.39, 0.29) is 31.0 Å². The van der Waals surface area contributed by atoms with Crippen molar-refractivity contribution in [3.63, 3.8) is 0 Å². The van der Waals surface area contributed by atoms with E-state index in [1.54, 1.807) is 9.80 Å². The van der Waals surface area contributed by atoms with Gasteiger partial charge in [-0.1, -0.05) is 6.42 Å². The van der Waals surface area contributed by atoms with Crippen LogP contribution in [0.15, 0.2) is 0 Å². The Labute approximate surface area is 115 Å². The van der Waals surface area contributed by atoms with Crippen molar-refractivity contribution in [3.8, 4) is 0 Å². The molecule has 0 bridgehead atoms. The second-order valence-corrected chi connectivity index (χ2v) is 5.38. The summed E-state index contributed by atoms with van der Waals surface area (Å²) in [5.41, 5.74) is 0. The summed E-state index contributed by atoms with van der Waals surface area (Å²) in [6, 6.07) is 0.0983. The van der Waals surface area contributed by atoms with E-state index >= 15 is 0 Å². The Morgan fingerprint density at radius 1 is 1.37 bits per heavy atom. The van der Waals surface area contributed by atoms with Crippen LogP contribution in [0.25, 0.3) is 0 Å². The highest BCUT2D eigenvalue weighted by atomic mass is 16.3. The van der Waals surface area contributed by atoms with Crippen LogP contribution in [0, 0.1) is 0 Å². The molecule has 0 aliphatic carbocycles. The van der Waals surface area contributed by atoms with E-state index in [2.05, 4.69) is 0 Å². The number of rotatable bonds is 6. The van der Waals surface area contributed by atoms with Gasteiger partial charge in [-0.05, 0) is 33.1 Å². The molecule has 1 aliphatic rings. The van der Waals surface area contributed by atoms with Crippen LogP contribution in [0.1, 0.15) is 46.0 Å². The van der Waals surface area contributed by atoms with E-state index in [0.29, 0.717) is 25.9 Å². The van der Waals surface area contributed by atoms with Gasteiger partial charge in [-0.3, -0.25) is 9.59 Å². The molecule has 0 aromatic heterocycles. The number of aliphatic hydroxyl groups excluding tert-OH is 1. The third kappa shape index (κ3) is 5.19. The lowest BCUT2D eigenvalue weighted by Gasteiger charge is -2.29. The molecule has 5 nitrogen and oxygen atoms in total. The summed E-state index contributed by atoms with van der Waals surface area (Å²) in [5.74, 6) is 0.0791. The minimum absolute atomic E-state index is 0.0151. The molecule has 1 aliphatic heterocycles. The van der Waals surface area contributed by atoms with Gasteiger partial charge in [0.15, 0.2) is 0 Å². The molecule has 0 saturated carbocycles. The number of carbonyl (C=O) groups is 2. The molecule has 0 unspecified atom stereocenters. The van der Waals surface area contributed by atoms with Crippen molar-refractivity contribution < 1.29 is 14.7 Å². The SMILES string of the molecule is CC(C)N(CCCO)C(=O)CN1CCCCCC1=O. The van der Waals surface area contributed by atoms with Gasteiger partial charge in [-0.15, -0.1) is 0 Å². The Balaban J connectivity index is 2.56. The Kier molecular flexibility index (Phi) is 6.84. The Bertz CT molecular complexity index is 305. The molecule has 1 fully saturated rings. The molecule has 0 aromatic carbocycles. The molecule has 0 spiro atoms. The first-order chi connectivity index (χ1) is 9.06. The van der Waals surface area contributed by atoms with Gasteiger partial charge < -0.3 is 14.9 Å². The maximum atomic E-state index is 12.3. The van der Waals surface area contributed by atoms with Crippen LogP contribution in [-0.4, -0.2) is 59.0 Å². The predicted molar refractivity (Wildman–Crippen MR) is 73.6 cm³/mol. The first kappa shape index (κ1) is 16.0. The van der Waals surface area contributed by atoms with Gasteiger partial charge in [0.05, 0.1) is 6.54 Å². The molecule has 0 atom stereocenters. The van der Waals surface area contributed by atoms with E-state index in [0.717, 1.165) is 19.3 Å². The fourth-order valence-corrected chi connectivity index (χ4v) is 2.37. The van der Waals surface area contributed by atoms with Gasteiger partial charge >= 0.3 is 0 Å². The van der Waals surface area contributed by atoms with Crippen LogP contribution in [0.5, 0.6) is 0 Å². The average Bonchev–Trinajstić information content (AvgIpc) is 2.55. The summed E-state index contributed by atoms with van der Waals surface area (Å²) < 4.78 is 0. The van der Waals surface area contributed by atoms with Crippen molar-refractivity contribution >= 4 is 11.8 Å². The molecular weight excluding hydrogens is 244 g/mol. The van der Waals surface area contributed by atoms with Crippen LogP contribution in [0.4, 0.5) is 0 Å². The number of hydrogen-bond donors (Lipinski definition) is 1. The highest BCUT2D eigenvalue weighted by Gasteiger charge is 2.23. The molecule has 110 valence electrons. The largest absolute Gasteiger partial charge is 0.396 e. The van der Waals surface area contributed by atoms with Crippen LogP contribution < -0.4 is 0 Å². The van der Waals surface area contributed by atoms with Gasteiger partial charge in [0.1, 0.15) is 0 Å². The Hall–Kier alpha value is -1.10. The number of amides is 2. The monoisotopic (exact) mass is 270 g/mol. The maximum absolute atomic E-state index is 12.3. The fraction of sp³-hybridized carbons (Fsp3) is 0.857. The quantitative estimate of drug-likeness (QED) is 0.783. The molecule has 5 heteroatoms. The van der Waals surface area contributed by atoms with Crippen LogP contribution >= 0.6 is 0 Å². The lowest BCUT2D eigenvalue weighted by Crippen LogP contribution is -2.46. The molecule has 1 N–H and O–H groups in total. The van der Waals surface area contributed by atoms with Crippen LogP contribution in [0.3, 0.4) is 0 Å². The van der Waals surface area contributed by atoms with Crippen LogP contribution in [-0.2, 0) is 9.59 Å². The highest BCUT2D eigenvalue weighted by molar-refractivity contribution is 5.85. The van der Waals surface area contributed by atoms with Gasteiger partial charge in [0, 0.05) is 32.2 Å². The number of aliphatic hydroxyl groups is 1. The van der Waals surface area contributed by atoms with Crippen molar-refractivity contribution in [1.82, 2.24) is 9.80 Å². The second-order valence-electron chi connectivity index (χ2n) is 5.38. The standard InChI is InChI=1S/C14H26N2O3/c1-12(2)16(9-6-10-17)14(19)11-15-8-5-3-4-7-13(15)18/h12,17H,3-11H2,1-2H3. The highest BCUT2D eigenvalue weighted by Crippen LogP contribution is 2.12. The fourth-order valence-electron chi connectivity index (χ4n) is 2.37. The molecule has 2 amide bonds. The van der Waals surface area contributed by atoms with Crippen molar-refractivity contribution in [3.05, 3.63) is 0 Å². The zero-order chi connectivity index (χ0) is 14.3. The van der Waals surface area contributed by atoms with E-state index in [9.17, 15) is 9.59 Å². The van der Waals surface area contributed by atoms with Crippen molar-refractivity contribution in [2.45, 2.75) is 52.0 Å². The van der Waals surface area contributed by atoms with E-state index in [1.165, 1.54) is 0 Å². The number of nitrogens with zero attached hydrogens (tertiary/aromatic N) is 2. The lowest BCUT2D eigenvalue weighted by molar-refractivity contribution is -0.141. The number of likely N-dealkylation sites (tertiary alicyclic amines) is 1. The topological polar surface area (TPSA) is 60.9 Å². The molecule has 1 heterocycles. The third-order valence-electron chi connectivity index (χ3n) is 3.50. The molecule has 1 rings (SSSR count). The van der Waals surface area contributed by atoms with Gasteiger partial charge in [-0.2, -0.15) is 0 Å². The molecule has 19 heavy (non-hydrogen) atoms. The second kappa shape index (κ2) is 8.15. The summed E-state index contributed by atoms with van der Waals surface area (Å²) in [6.07, 6.45) is 4.12. The molecule has 0 aromatic rings. The van der Waals surface area contributed by atoms with E-state index in [1.807, 2.05) is 13.8 Å². The minimum atomic E-state index is -0.0151. The summed E-state index contributed by atoms with van der Waals surface area (Å²) in [4.78, 5) is 27.6. The number of hydrogen-bond acceptors (Lipinski definition) is 3. The Morgan fingerprint density at radius 3 is 2.74 bits per heavy atom. The maximum Gasteiger partial charge on any atom is 0.242 e. The van der Waals surface area contributed by atoms with Crippen LogP contribution in [0.2, 0.25) is 0 Å². The molecular formula is C14H26N2O3. The average molecular weight is 270 g/mol. The van der Waals surface area contributed by atoms with Gasteiger partial charge in [0.2, 0.25) is 11.8 Å². The van der Waals surface area contributed by atoms with E-state index < -0.39 is 0 Å². The first-order valence-corrected chi connectivity index (χ1v) is 7.24. The van der Waals surface area contributed by atoms with Crippen molar-refractivity contribution in [2.24, 2.45) is 0 Å². The van der Waals surface area contributed by atoms with Gasteiger partial charge in [-0.25, -0.2) is 0 Å². The minimum Gasteiger partial charge on any atom is -0.396 e. The lowest BCUT2D eigenvalue weighted by atomic mass is 10.2. The summed E-state index contributed by atoms with van der Waals surface area (Å²) >= 11 is 0. The Morgan fingerprint density at radius 2 is 2.11 bits per heavy atom. The van der Waals surface area contributed by atoms with Crippen molar-refractivity contribution in [2.75, 3.05) is 26.2 Å². The zero-order valence-corrected chi connectivity index (χ0v) is 12.1. The third-order valence-corrected chi connectivity index (χ3v) is 3.50. The van der Waals surface area contributed by atoms with E-state index in [4.69, 9.17) is 5.11 Å². The first-order valence-electron chi connectivity index (χ1n) is 7.24. The summed E-state index contributed by atoms with van der Waals surface area (Å²) in [5, 5.41) is 8.88.